The number of carbonyl (C=O) groups excluding carboxylic acids is 2. The van der Waals surface area contributed by atoms with E-state index in [1.165, 1.54) is 23.0 Å². The zero-order chi connectivity index (χ0) is 35.1. The number of hydrogen-bond acceptors (Lipinski definition) is 11. The Morgan fingerprint density at radius 1 is 1.02 bits per heavy atom. The zero-order valence-corrected chi connectivity index (χ0v) is 29.6. The minimum atomic E-state index is -0.910. The number of benzene rings is 3. The third-order valence-electron chi connectivity index (χ3n) is 7.45. The van der Waals surface area contributed by atoms with Crippen molar-refractivity contribution in [2.24, 2.45) is 4.99 Å². The van der Waals surface area contributed by atoms with Crippen LogP contribution in [0.15, 0.2) is 86.2 Å². The molecule has 1 aliphatic rings. The first-order valence-electron chi connectivity index (χ1n) is 15.2. The lowest BCUT2D eigenvalue weighted by molar-refractivity contribution is -0.143. The fourth-order valence-corrected chi connectivity index (χ4v) is 6.62. The highest BCUT2D eigenvalue weighted by molar-refractivity contribution is 9.10. The lowest BCUT2D eigenvalue weighted by atomic mass is 9.95. The van der Waals surface area contributed by atoms with Crippen molar-refractivity contribution < 1.29 is 33.3 Å². The molecule has 252 valence electrons. The Morgan fingerprint density at radius 2 is 1.80 bits per heavy atom. The van der Waals surface area contributed by atoms with Gasteiger partial charge in [-0.05, 0) is 68.8 Å². The number of aromatic nitrogens is 1. The van der Waals surface area contributed by atoms with Crippen molar-refractivity contribution in [1.82, 2.24) is 4.57 Å². The summed E-state index contributed by atoms with van der Waals surface area (Å²) in [5.74, 6) is -0.0510. The van der Waals surface area contributed by atoms with Crippen LogP contribution in [0.25, 0.3) is 6.08 Å². The van der Waals surface area contributed by atoms with E-state index in [0.29, 0.717) is 55.6 Å². The molecular formula is C36H32BrN3O8S. The Kier molecular flexibility index (Phi) is 11.3. The van der Waals surface area contributed by atoms with Gasteiger partial charge in [0.2, 0.25) is 0 Å². The van der Waals surface area contributed by atoms with Crippen LogP contribution in [0.4, 0.5) is 0 Å². The van der Waals surface area contributed by atoms with Crippen molar-refractivity contribution >= 4 is 45.3 Å². The predicted molar refractivity (Wildman–Crippen MR) is 185 cm³/mol. The molecule has 1 atom stereocenters. The number of carbonyl (C=O) groups is 2. The molecule has 0 aliphatic carbocycles. The van der Waals surface area contributed by atoms with Gasteiger partial charge in [0.1, 0.15) is 12.4 Å². The number of esters is 2. The van der Waals surface area contributed by atoms with Crippen molar-refractivity contribution in [1.29, 1.82) is 5.26 Å². The van der Waals surface area contributed by atoms with Crippen LogP contribution >= 0.6 is 27.3 Å². The van der Waals surface area contributed by atoms with Gasteiger partial charge in [-0.3, -0.25) is 9.36 Å². The van der Waals surface area contributed by atoms with Gasteiger partial charge < -0.3 is 23.7 Å². The average molecular weight is 747 g/mol. The molecule has 11 nitrogen and oxygen atoms in total. The molecule has 2 heterocycles. The second kappa shape index (κ2) is 15.8. The van der Waals surface area contributed by atoms with Crippen LogP contribution in [0.5, 0.6) is 17.2 Å². The van der Waals surface area contributed by atoms with Crippen LogP contribution in [0.3, 0.4) is 0 Å². The van der Waals surface area contributed by atoms with Crippen LogP contribution in [0, 0.1) is 11.3 Å². The van der Waals surface area contributed by atoms with Gasteiger partial charge in [-0.25, -0.2) is 14.6 Å². The van der Waals surface area contributed by atoms with Crippen molar-refractivity contribution in [3.8, 4) is 23.3 Å². The van der Waals surface area contributed by atoms with Gasteiger partial charge in [-0.15, -0.1) is 0 Å². The molecule has 4 aromatic rings. The first kappa shape index (κ1) is 35.1. The fraction of sp³-hybridized carbons (Fsp3) is 0.250. The second-order valence-electron chi connectivity index (χ2n) is 10.5. The number of fused-ring (bicyclic) bond motifs is 1. The van der Waals surface area contributed by atoms with Crippen molar-refractivity contribution in [2.45, 2.75) is 33.4 Å². The van der Waals surface area contributed by atoms with E-state index in [0.717, 1.165) is 10.0 Å². The highest BCUT2D eigenvalue weighted by Crippen LogP contribution is 2.36. The average Bonchev–Trinajstić information content (AvgIpc) is 3.40. The van der Waals surface area contributed by atoms with Gasteiger partial charge in [-0.1, -0.05) is 51.5 Å². The molecule has 1 aromatic heterocycles. The summed E-state index contributed by atoms with van der Waals surface area (Å²) in [5.41, 5.74) is 2.63. The minimum Gasteiger partial charge on any atom is -0.490 e. The quantitative estimate of drug-likeness (QED) is 0.184. The highest BCUT2D eigenvalue weighted by atomic mass is 79.9. The van der Waals surface area contributed by atoms with E-state index in [1.807, 2.05) is 24.3 Å². The number of hydrogen-bond donors (Lipinski definition) is 0. The second-order valence-corrected chi connectivity index (χ2v) is 12.5. The molecule has 0 bridgehead atoms. The largest absolute Gasteiger partial charge is 0.490 e. The number of halogens is 1. The molecular weight excluding hydrogens is 714 g/mol. The van der Waals surface area contributed by atoms with E-state index in [1.54, 1.807) is 63.2 Å². The number of thiazole rings is 1. The maximum absolute atomic E-state index is 14.3. The van der Waals surface area contributed by atoms with Gasteiger partial charge in [0.05, 0.1) is 53.8 Å². The van der Waals surface area contributed by atoms with E-state index in [2.05, 4.69) is 31.7 Å². The van der Waals surface area contributed by atoms with Gasteiger partial charge in [-0.2, -0.15) is 5.26 Å². The predicted octanol–water partition coefficient (Wildman–Crippen LogP) is 4.96. The van der Waals surface area contributed by atoms with Crippen LogP contribution in [0.1, 0.15) is 49.1 Å². The molecule has 0 amide bonds. The van der Waals surface area contributed by atoms with E-state index in [9.17, 15) is 19.6 Å². The van der Waals surface area contributed by atoms with E-state index >= 15 is 0 Å². The minimum absolute atomic E-state index is 0.127. The summed E-state index contributed by atoms with van der Waals surface area (Å²) >= 11 is 4.69. The van der Waals surface area contributed by atoms with Gasteiger partial charge >= 0.3 is 11.9 Å². The summed E-state index contributed by atoms with van der Waals surface area (Å²) in [6.45, 7) is 5.45. The monoisotopic (exact) mass is 745 g/mol. The van der Waals surface area contributed by atoms with E-state index in [4.69, 9.17) is 18.9 Å². The molecule has 0 radical (unpaired) electrons. The topological polar surface area (TPSA) is 138 Å². The fourth-order valence-electron chi connectivity index (χ4n) is 5.20. The normalized spacial score (nSPS) is 14.0. The molecule has 1 aliphatic heterocycles. The summed E-state index contributed by atoms with van der Waals surface area (Å²) < 4.78 is 30.3. The van der Waals surface area contributed by atoms with Crippen LogP contribution in [-0.2, 0) is 25.7 Å². The lowest BCUT2D eigenvalue weighted by Gasteiger charge is -2.25. The Hall–Kier alpha value is -5.19. The van der Waals surface area contributed by atoms with Crippen molar-refractivity contribution in [3.05, 3.63) is 118 Å². The maximum atomic E-state index is 14.3. The number of rotatable bonds is 12. The zero-order valence-electron chi connectivity index (χ0n) is 27.2. The molecule has 49 heavy (non-hydrogen) atoms. The number of methoxy groups -OCH3 is 1. The number of allylic oxidation sites excluding steroid dienone is 1. The molecule has 0 unspecified atom stereocenters. The summed E-state index contributed by atoms with van der Waals surface area (Å²) in [6, 6.07) is 18.9. The molecule has 0 N–H and O–H groups in total. The molecule has 0 spiro atoms. The molecule has 0 saturated carbocycles. The third-order valence-corrected chi connectivity index (χ3v) is 8.93. The summed E-state index contributed by atoms with van der Waals surface area (Å²) in [7, 11) is 1.26. The van der Waals surface area contributed by atoms with Crippen LogP contribution < -0.4 is 29.1 Å². The van der Waals surface area contributed by atoms with Gasteiger partial charge in [0, 0.05) is 15.6 Å². The molecule has 0 saturated heterocycles. The highest BCUT2D eigenvalue weighted by Gasteiger charge is 2.34. The molecule has 5 rings (SSSR count). The third kappa shape index (κ3) is 7.77. The Bertz CT molecular complexity index is 2170. The summed E-state index contributed by atoms with van der Waals surface area (Å²) in [6.07, 6.45) is 1.72. The smallest absolute Gasteiger partial charge is 0.343 e. The Labute approximate surface area is 294 Å². The first-order valence-corrected chi connectivity index (χ1v) is 16.9. The number of ether oxygens (including phenoxy) is 5. The van der Waals surface area contributed by atoms with Crippen molar-refractivity contribution in [2.75, 3.05) is 26.9 Å². The molecule has 0 fully saturated rings. The number of nitriles is 1. The van der Waals surface area contributed by atoms with E-state index < -0.39 is 18.0 Å². The molecule has 3 aromatic carbocycles. The number of nitrogens with zero attached hydrogens (tertiary/aromatic N) is 3. The van der Waals surface area contributed by atoms with E-state index in [-0.39, 0.29) is 31.0 Å². The van der Waals surface area contributed by atoms with Crippen LogP contribution in [-0.4, -0.2) is 43.4 Å². The summed E-state index contributed by atoms with van der Waals surface area (Å²) in [5, 5.41) is 9.50. The van der Waals surface area contributed by atoms with Gasteiger partial charge in [0.25, 0.3) is 5.56 Å². The summed E-state index contributed by atoms with van der Waals surface area (Å²) in [4.78, 5) is 44.5. The SMILES string of the molecule is CCOC(=O)C1=C(C)N=c2s/c(=C/c3cc(Br)ccc3OCc3ccccc3C#N)c(=O)n2[C@H]1c1ccc(OCC(=O)OC)c(OCC)c1. The first-order chi connectivity index (χ1) is 23.7. The Balaban J connectivity index is 1.62. The lowest BCUT2D eigenvalue weighted by Crippen LogP contribution is -2.40. The molecule has 13 heteroatoms. The van der Waals surface area contributed by atoms with Crippen LogP contribution in [0.2, 0.25) is 0 Å². The Morgan fingerprint density at radius 3 is 2.53 bits per heavy atom. The van der Waals surface area contributed by atoms with Gasteiger partial charge in [0.15, 0.2) is 22.9 Å². The standard InChI is InChI=1S/C36H32BrN3O8S/c1-5-45-29-16-22(11-13-28(29)48-20-31(41)44-4)33-32(35(43)46-6-2)21(3)39-36-40(33)34(42)30(49-36)17-25-15-26(37)12-14-27(25)47-19-24-10-8-7-9-23(24)18-38/h7-17,33H,5-6,19-20H2,1-4H3/b30-17+/t33-/m0/s1. The maximum Gasteiger partial charge on any atom is 0.343 e. The van der Waals surface area contributed by atoms with Crippen molar-refractivity contribution in [3.63, 3.8) is 0 Å².